The number of nitrogens with two attached hydrogens (primary N) is 1. The van der Waals surface area contributed by atoms with Crippen LogP contribution in [0.25, 0.3) is 10.2 Å². The van der Waals surface area contributed by atoms with E-state index in [1.807, 2.05) is 4.90 Å². The molecule has 29 heavy (non-hydrogen) atoms. The normalized spacial score (nSPS) is 14.4. The molecule has 10 nitrogen and oxygen atoms in total. The largest absolute Gasteiger partial charge is 0.462 e. The molecule has 1 amide bonds. The Labute approximate surface area is 170 Å². The fourth-order valence-corrected chi connectivity index (χ4v) is 4.28. The summed E-state index contributed by atoms with van der Waals surface area (Å²) < 4.78 is 6.88. The fraction of sp³-hybridized carbons (Fsp3) is 0.389. The van der Waals surface area contributed by atoms with E-state index in [4.69, 9.17) is 10.5 Å². The van der Waals surface area contributed by atoms with Gasteiger partial charge in [-0.15, -0.1) is 11.3 Å². The number of amides is 1. The standard InChI is InChI=1S/C18H21N7O3S/c1-3-28-17(27)11-9-29-15-13(11)14(21-18(19)22-15)24-4-6-25(7-5-24)16(26)12-8-20-10-23(12)2/h8-10H,3-7H2,1-2H3,(H2,19,21,22). The second-order valence-corrected chi connectivity index (χ2v) is 7.48. The van der Waals surface area contributed by atoms with E-state index in [1.54, 1.807) is 41.3 Å². The number of imidazole rings is 1. The summed E-state index contributed by atoms with van der Waals surface area (Å²) in [6.45, 7) is 4.22. The van der Waals surface area contributed by atoms with E-state index < -0.39 is 5.97 Å². The van der Waals surface area contributed by atoms with E-state index in [0.717, 1.165) is 0 Å². The van der Waals surface area contributed by atoms with Gasteiger partial charge in [-0.2, -0.15) is 4.98 Å². The minimum Gasteiger partial charge on any atom is -0.462 e. The first-order chi connectivity index (χ1) is 14.0. The van der Waals surface area contributed by atoms with Gasteiger partial charge in [0.2, 0.25) is 5.95 Å². The fourth-order valence-electron chi connectivity index (χ4n) is 3.37. The molecule has 0 bridgehead atoms. The minimum atomic E-state index is -0.404. The maximum absolute atomic E-state index is 12.7. The van der Waals surface area contributed by atoms with Crippen LogP contribution in [0.4, 0.5) is 11.8 Å². The third-order valence-corrected chi connectivity index (χ3v) is 5.70. The Hall–Kier alpha value is -3.21. The lowest BCUT2D eigenvalue weighted by atomic mass is 10.2. The average molecular weight is 415 g/mol. The molecule has 1 aliphatic heterocycles. The van der Waals surface area contributed by atoms with Gasteiger partial charge in [0.1, 0.15) is 16.3 Å². The number of nitrogen functional groups attached to an aromatic ring is 1. The number of esters is 1. The van der Waals surface area contributed by atoms with Crippen molar-refractivity contribution in [2.45, 2.75) is 6.92 Å². The molecule has 4 rings (SSSR count). The van der Waals surface area contributed by atoms with Crippen molar-refractivity contribution < 1.29 is 14.3 Å². The lowest BCUT2D eigenvalue weighted by Crippen LogP contribution is -2.49. The summed E-state index contributed by atoms with van der Waals surface area (Å²) in [5.41, 5.74) is 6.89. The SMILES string of the molecule is CCOC(=O)c1csc2nc(N)nc(N3CCN(C(=O)c4cncn4C)CC3)c12. The Morgan fingerprint density at radius 2 is 2.00 bits per heavy atom. The second-order valence-electron chi connectivity index (χ2n) is 6.62. The molecular formula is C18H21N7O3S. The Bertz CT molecular complexity index is 1070. The molecule has 152 valence electrons. The van der Waals surface area contributed by atoms with Gasteiger partial charge in [0, 0.05) is 38.6 Å². The molecule has 2 N–H and O–H groups in total. The predicted octanol–water partition coefficient (Wildman–Crippen LogP) is 1.15. The van der Waals surface area contributed by atoms with Crippen LogP contribution in [0.5, 0.6) is 0 Å². The predicted molar refractivity (Wildman–Crippen MR) is 109 cm³/mol. The maximum Gasteiger partial charge on any atom is 0.339 e. The molecule has 0 unspecified atom stereocenters. The summed E-state index contributed by atoms with van der Waals surface area (Å²) in [7, 11) is 1.80. The zero-order valence-corrected chi connectivity index (χ0v) is 17.0. The Morgan fingerprint density at radius 1 is 1.24 bits per heavy atom. The van der Waals surface area contributed by atoms with Gasteiger partial charge >= 0.3 is 5.97 Å². The average Bonchev–Trinajstić information content (AvgIpc) is 3.33. The van der Waals surface area contributed by atoms with Crippen LogP contribution in [0.3, 0.4) is 0 Å². The Kier molecular flexibility index (Phi) is 5.05. The number of ether oxygens (including phenoxy) is 1. The van der Waals surface area contributed by atoms with Gasteiger partial charge in [0.25, 0.3) is 5.91 Å². The summed E-state index contributed by atoms with van der Waals surface area (Å²) in [4.78, 5) is 42.2. The number of nitrogens with zero attached hydrogens (tertiary/aromatic N) is 6. The van der Waals surface area contributed by atoms with Crippen LogP contribution in [0.15, 0.2) is 17.9 Å². The van der Waals surface area contributed by atoms with E-state index in [1.165, 1.54) is 11.3 Å². The summed E-state index contributed by atoms with van der Waals surface area (Å²) >= 11 is 1.33. The van der Waals surface area contributed by atoms with Crippen molar-refractivity contribution in [2.24, 2.45) is 7.05 Å². The van der Waals surface area contributed by atoms with Crippen molar-refractivity contribution in [1.29, 1.82) is 0 Å². The van der Waals surface area contributed by atoms with Crippen molar-refractivity contribution in [3.8, 4) is 0 Å². The van der Waals surface area contributed by atoms with Gasteiger partial charge in [-0.05, 0) is 6.92 Å². The van der Waals surface area contributed by atoms with Crippen LogP contribution in [-0.4, -0.2) is 69.1 Å². The highest BCUT2D eigenvalue weighted by Gasteiger charge is 2.28. The number of hydrogen-bond donors (Lipinski definition) is 1. The van der Waals surface area contributed by atoms with Gasteiger partial charge < -0.3 is 24.8 Å². The molecule has 4 heterocycles. The van der Waals surface area contributed by atoms with Crippen molar-refractivity contribution in [1.82, 2.24) is 24.4 Å². The van der Waals surface area contributed by atoms with Crippen LogP contribution in [0, 0.1) is 0 Å². The quantitative estimate of drug-likeness (QED) is 0.630. The van der Waals surface area contributed by atoms with Gasteiger partial charge in [-0.1, -0.05) is 0 Å². The van der Waals surface area contributed by atoms with Gasteiger partial charge in [-0.25, -0.2) is 14.8 Å². The lowest BCUT2D eigenvalue weighted by Gasteiger charge is -2.35. The number of piperazine rings is 1. The maximum atomic E-state index is 12.7. The summed E-state index contributed by atoms with van der Waals surface area (Å²) in [5, 5.41) is 2.37. The molecule has 0 aliphatic carbocycles. The van der Waals surface area contributed by atoms with Crippen LogP contribution in [0.2, 0.25) is 0 Å². The molecule has 1 fully saturated rings. The number of carbonyl (C=O) groups excluding carboxylic acids is 2. The summed E-state index contributed by atoms with van der Waals surface area (Å²) in [6.07, 6.45) is 3.18. The van der Waals surface area contributed by atoms with E-state index in [0.29, 0.717) is 53.5 Å². The number of hydrogen-bond acceptors (Lipinski definition) is 9. The minimum absolute atomic E-state index is 0.0558. The number of aryl methyl sites for hydroxylation is 1. The van der Waals surface area contributed by atoms with Crippen molar-refractivity contribution in [3.63, 3.8) is 0 Å². The molecule has 0 saturated carbocycles. The molecule has 1 saturated heterocycles. The third-order valence-electron chi connectivity index (χ3n) is 4.83. The van der Waals surface area contributed by atoms with Crippen LogP contribution >= 0.6 is 11.3 Å². The summed E-state index contributed by atoms with van der Waals surface area (Å²) in [5.74, 6) is 0.292. The third kappa shape index (κ3) is 3.48. The van der Waals surface area contributed by atoms with Crippen LogP contribution in [0.1, 0.15) is 27.8 Å². The van der Waals surface area contributed by atoms with Gasteiger partial charge in [0.15, 0.2) is 0 Å². The molecule has 0 atom stereocenters. The number of carbonyl (C=O) groups is 2. The van der Waals surface area contributed by atoms with E-state index in [2.05, 4.69) is 15.0 Å². The molecular weight excluding hydrogens is 394 g/mol. The van der Waals surface area contributed by atoms with Crippen molar-refractivity contribution >= 4 is 45.2 Å². The molecule has 0 radical (unpaired) electrons. The topological polar surface area (TPSA) is 119 Å². The highest BCUT2D eigenvalue weighted by atomic mass is 32.1. The molecule has 3 aromatic heterocycles. The van der Waals surface area contributed by atoms with E-state index >= 15 is 0 Å². The Morgan fingerprint density at radius 3 is 2.66 bits per heavy atom. The summed E-state index contributed by atoms with van der Waals surface area (Å²) in [6, 6.07) is 0. The zero-order valence-electron chi connectivity index (χ0n) is 16.2. The molecule has 3 aromatic rings. The second kappa shape index (κ2) is 7.66. The monoisotopic (exact) mass is 415 g/mol. The van der Waals surface area contributed by atoms with Gasteiger partial charge in [0.05, 0.1) is 30.1 Å². The number of anilines is 2. The van der Waals surface area contributed by atoms with Gasteiger partial charge in [-0.3, -0.25) is 4.79 Å². The first-order valence-electron chi connectivity index (χ1n) is 9.22. The van der Waals surface area contributed by atoms with E-state index in [9.17, 15) is 9.59 Å². The van der Waals surface area contributed by atoms with Crippen molar-refractivity contribution in [3.05, 3.63) is 29.2 Å². The lowest BCUT2D eigenvalue weighted by molar-refractivity contribution is 0.0529. The smallest absolute Gasteiger partial charge is 0.339 e. The molecule has 1 aliphatic rings. The first-order valence-corrected chi connectivity index (χ1v) is 10.1. The van der Waals surface area contributed by atoms with E-state index in [-0.39, 0.29) is 18.5 Å². The highest BCUT2D eigenvalue weighted by molar-refractivity contribution is 7.17. The number of aromatic nitrogens is 4. The van der Waals surface area contributed by atoms with Crippen LogP contribution < -0.4 is 10.6 Å². The Balaban J connectivity index is 1.59. The molecule has 11 heteroatoms. The number of thiophene rings is 1. The molecule has 0 aromatic carbocycles. The van der Waals surface area contributed by atoms with Crippen LogP contribution in [-0.2, 0) is 11.8 Å². The number of fused-ring (bicyclic) bond motifs is 1. The molecule has 0 spiro atoms. The zero-order chi connectivity index (χ0) is 20.5. The van der Waals surface area contributed by atoms with Crippen molar-refractivity contribution in [2.75, 3.05) is 43.4 Å². The number of rotatable bonds is 4. The highest BCUT2D eigenvalue weighted by Crippen LogP contribution is 2.33. The first kappa shape index (κ1) is 19.1.